The molecule has 3 atom stereocenters. The highest BCUT2D eigenvalue weighted by atomic mass is 35.5. The highest BCUT2D eigenvalue weighted by Crippen LogP contribution is 2.46. The van der Waals surface area contributed by atoms with Crippen LogP contribution in [0.2, 0.25) is 5.02 Å². The molecule has 124 valence electrons. The number of hydrogen-bond acceptors (Lipinski definition) is 3. The zero-order valence-corrected chi connectivity index (χ0v) is 14.0. The van der Waals surface area contributed by atoms with Crippen molar-refractivity contribution in [2.24, 2.45) is 5.92 Å². The molecule has 0 radical (unpaired) electrons. The minimum atomic E-state index is -1.06. The first kappa shape index (κ1) is 16.3. The number of carboxylic acids is 1. The van der Waals surface area contributed by atoms with Crippen LogP contribution in [0.4, 0.5) is 0 Å². The number of amides is 1. The van der Waals surface area contributed by atoms with Gasteiger partial charge in [-0.25, -0.2) is 0 Å². The molecule has 0 aromatic heterocycles. The van der Waals surface area contributed by atoms with E-state index < -0.39 is 11.5 Å². The number of carbonyl (C=O) groups is 2. The number of likely N-dealkylation sites (N-methyl/N-ethyl adjacent to an activating group) is 1. The third kappa shape index (κ3) is 2.95. The van der Waals surface area contributed by atoms with Gasteiger partial charge in [0.15, 0.2) is 0 Å². The minimum absolute atomic E-state index is 0.0516. The number of carboxylic acid groups (broad SMARTS) is 1. The molecule has 2 N–H and O–H groups in total. The number of halogens is 1. The van der Waals surface area contributed by atoms with Crippen molar-refractivity contribution >= 4 is 23.5 Å². The molecule has 1 aromatic carbocycles. The number of rotatable bonds is 4. The maximum atomic E-state index is 12.6. The fourth-order valence-corrected chi connectivity index (χ4v) is 3.51. The molecule has 1 amide bonds. The zero-order chi connectivity index (χ0) is 16.8. The van der Waals surface area contributed by atoms with Crippen LogP contribution in [-0.2, 0) is 9.59 Å². The van der Waals surface area contributed by atoms with Crippen LogP contribution in [0.5, 0.6) is 0 Å². The fourth-order valence-electron chi connectivity index (χ4n) is 3.39. The van der Waals surface area contributed by atoms with Gasteiger partial charge in [-0.15, -0.1) is 0 Å². The summed E-state index contributed by atoms with van der Waals surface area (Å²) in [7, 11) is 1.78. The average molecular weight is 337 g/mol. The van der Waals surface area contributed by atoms with Gasteiger partial charge in [-0.3, -0.25) is 14.5 Å². The molecule has 2 fully saturated rings. The average Bonchev–Trinajstić information content (AvgIpc) is 3.26. The summed E-state index contributed by atoms with van der Waals surface area (Å²) < 4.78 is 0. The van der Waals surface area contributed by atoms with Crippen LogP contribution in [0.3, 0.4) is 0 Å². The molecule has 5 nitrogen and oxygen atoms in total. The van der Waals surface area contributed by atoms with Crippen molar-refractivity contribution in [3.05, 3.63) is 34.9 Å². The van der Waals surface area contributed by atoms with E-state index in [9.17, 15) is 14.7 Å². The smallest absolute Gasteiger partial charge is 0.323 e. The highest BCUT2D eigenvalue weighted by Gasteiger charge is 2.54. The summed E-state index contributed by atoms with van der Waals surface area (Å²) in [6.07, 6.45) is 2.32. The minimum Gasteiger partial charge on any atom is -0.480 e. The first-order valence-corrected chi connectivity index (χ1v) is 8.23. The number of nitrogens with one attached hydrogen (secondary N) is 1. The van der Waals surface area contributed by atoms with E-state index in [0.29, 0.717) is 11.4 Å². The molecule has 1 heterocycles. The second kappa shape index (κ2) is 5.80. The van der Waals surface area contributed by atoms with Crippen molar-refractivity contribution in [1.29, 1.82) is 0 Å². The van der Waals surface area contributed by atoms with Crippen molar-refractivity contribution in [2.45, 2.75) is 43.8 Å². The number of benzene rings is 1. The van der Waals surface area contributed by atoms with E-state index in [1.165, 1.54) is 0 Å². The fraction of sp³-hybridized carbons (Fsp3) is 0.529. The number of aliphatic carboxylic acids is 1. The number of carbonyl (C=O) groups excluding carboxylic acids is 1. The third-order valence-corrected chi connectivity index (χ3v) is 5.38. The number of nitrogens with zero attached hydrogens (tertiary/aromatic N) is 1. The summed E-state index contributed by atoms with van der Waals surface area (Å²) in [5, 5.41) is 13.3. The van der Waals surface area contributed by atoms with Gasteiger partial charge in [-0.2, -0.15) is 0 Å². The van der Waals surface area contributed by atoms with Crippen molar-refractivity contribution in [3.8, 4) is 0 Å². The Morgan fingerprint density at radius 1 is 1.30 bits per heavy atom. The van der Waals surface area contributed by atoms with E-state index in [0.717, 1.165) is 18.4 Å². The van der Waals surface area contributed by atoms with Gasteiger partial charge in [0.05, 0.1) is 5.92 Å². The number of likely N-dealkylation sites (tertiary alicyclic amines) is 1. The molecule has 1 aliphatic heterocycles. The van der Waals surface area contributed by atoms with Gasteiger partial charge >= 0.3 is 5.97 Å². The van der Waals surface area contributed by atoms with E-state index in [2.05, 4.69) is 5.32 Å². The van der Waals surface area contributed by atoms with E-state index in [-0.39, 0.29) is 23.9 Å². The summed E-state index contributed by atoms with van der Waals surface area (Å²) in [5.74, 6) is -1.34. The van der Waals surface area contributed by atoms with Gasteiger partial charge in [0, 0.05) is 17.1 Å². The maximum absolute atomic E-state index is 12.6. The Morgan fingerprint density at radius 3 is 2.43 bits per heavy atom. The lowest BCUT2D eigenvalue weighted by atomic mass is 9.89. The topological polar surface area (TPSA) is 69.6 Å². The van der Waals surface area contributed by atoms with Crippen LogP contribution in [-0.4, -0.2) is 40.5 Å². The second-order valence-electron chi connectivity index (χ2n) is 6.78. The van der Waals surface area contributed by atoms with E-state index >= 15 is 0 Å². The van der Waals surface area contributed by atoms with Crippen molar-refractivity contribution in [3.63, 3.8) is 0 Å². The molecule has 1 aliphatic carbocycles. The summed E-state index contributed by atoms with van der Waals surface area (Å²) in [6.45, 7) is 1.68. The van der Waals surface area contributed by atoms with Crippen molar-refractivity contribution < 1.29 is 14.7 Å². The van der Waals surface area contributed by atoms with Crippen molar-refractivity contribution in [2.75, 3.05) is 7.05 Å². The van der Waals surface area contributed by atoms with E-state index in [1.807, 2.05) is 12.1 Å². The van der Waals surface area contributed by atoms with Crippen LogP contribution < -0.4 is 5.32 Å². The van der Waals surface area contributed by atoms with Gasteiger partial charge in [-0.1, -0.05) is 23.7 Å². The molecule has 6 heteroatoms. The predicted molar refractivity (Wildman–Crippen MR) is 87.3 cm³/mol. The van der Waals surface area contributed by atoms with Gasteiger partial charge in [-0.05, 0) is 50.9 Å². The van der Waals surface area contributed by atoms with Crippen LogP contribution in [0.15, 0.2) is 24.3 Å². The summed E-state index contributed by atoms with van der Waals surface area (Å²) in [5.41, 5.74) is -0.145. The van der Waals surface area contributed by atoms with E-state index in [1.54, 1.807) is 31.0 Å². The first-order chi connectivity index (χ1) is 10.8. The molecule has 0 unspecified atom stereocenters. The Balaban J connectivity index is 1.94. The molecule has 1 saturated carbocycles. The molecule has 23 heavy (non-hydrogen) atoms. The lowest BCUT2D eigenvalue weighted by Crippen LogP contribution is -2.46. The summed E-state index contributed by atoms with van der Waals surface area (Å²) in [6, 6.07) is 7.28. The Bertz CT molecular complexity index is 629. The highest BCUT2D eigenvalue weighted by molar-refractivity contribution is 6.30. The molecular weight excluding hydrogens is 316 g/mol. The molecule has 3 rings (SSSR count). The van der Waals surface area contributed by atoms with Gasteiger partial charge in [0.1, 0.15) is 5.54 Å². The summed E-state index contributed by atoms with van der Waals surface area (Å²) >= 11 is 5.95. The van der Waals surface area contributed by atoms with E-state index in [4.69, 9.17) is 11.6 Å². The normalized spacial score (nSPS) is 31.1. The Hall–Kier alpha value is -1.59. The largest absolute Gasteiger partial charge is 0.480 e. The zero-order valence-electron chi connectivity index (χ0n) is 13.3. The molecule has 0 bridgehead atoms. The second-order valence-corrected chi connectivity index (χ2v) is 7.22. The Labute approximate surface area is 140 Å². The predicted octanol–water partition coefficient (Wildman–Crippen LogP) is 2.45. The molecule has 1 aromatic rings. The molecule has 2 aliphatic rings. The SMILES string of the molecule is CN1[C@@H](c2ccc(Cl)cc2)[C@@H](C(=O)NC2CC2)C[C@@]1(C)C(=O)O. The van der Waals surface area contributed by atoms with Crippen molar-refractivity contribution in [1.82, 2.24) is 10.2 Å². The number of hydrogen-bond donors (Lipinski definition) is 2. The molecule has 0 spiro atoms. The Kier molecular flexibility index (Phi) is 4.10. The standard InChI is InChI=1S/C17H21ClN2O3/c1-17(16(22)23)9-13(15(21)19-12-7-8-12)14(20(17)2)10-3-5-11(18)6-4-10/h3-6,12-14H,7-9H2,1-2H3,(H,19,21)(H,22,23)/t13-,14-,17-/m0/s1. The quantitative estimate of drug-likeness (QED) is 0.886. The summed E-state index contributed by atoms with van der Waals surface area (Å²) in [4.78, 5) is 26.2. The maximum Gasteiger partial charge on any atom is 0.323 e. The monoisotopic (exact) mass is 336 g/mol. The van der Waals surface area contributed by atoms with Crippen LogP contribution in [0.25, 0.3) is 0 Å². The van der Waals surface area contributed by atoms with Crippen LogP contribution in [0.1, 0.15) is 37.8 Å². The third-order valence-electron chi connectivity index (χ3n) is 5.13. The molecule has 1 saturated heterocycles. The van der Waals surface area contributed by atoms with Gasteiger partial charge in [0.2, 0.25) is 5.91 Å². The van der Waals surface area contributed by atoms with Gasteiger partial charge in [0.25, 0.3) is 0 Å². The van der Waals surface area contributed by atoms with Crippen LogP contribution >= 0.6 is 11.6 Å². The lowest BCUT2D eigenvalue weighted by molar-refractivity contribution is -0.148. The Morgan fingerprint density at radius 2 is 1.91 bits per heavy atom. The van der Waals surface area contributed by atoms with Crippen LogP contribution in [0, 0.1) is 5.92 Å². The lowest BCUT2D eigenvalue weighted by Gasteiger charge is -2.32. The van der Waals surface area contributed by atoms with Gasteiger partial charge < -0.3 is 10.4 Å². The first-order valence-electron chi connectivity index (χ1n) is 7.85. The molecular formula is C17H21ClN2O3.